The molecule has 0 aliphatic carbocycles. The summed E-state index contributed by atoms with van der Waals surface area (Å²) in [5.41, 5.74) is 0.846. The molecule has 9 nitrogen and oxygen atoms in total. The Morgan fingerprint density at radius 1 is 1.06 bits per heavy atom. The summed E-state index contributed by atoms with van der Waals surface area (Å²) in [5.74, 6) is 0.183. The molecule has 1 fully saturated rings. The molecule has 174 valence electrons. The van der Waals surface area contributed by atoms with E-state index in [1.54, 1.807) is 12.1 Å². The highest BCUT2D eigenvalue weighted by atomic mass is 32.2. The van der Waals surface area contributed by atoms with E-state index in [4.69, 9.17) is 0 Å². The van der Waals surface area contributed by atoms with Crippen LogP contribution in [0.3, 0.4) is 0 Å². The molecule has 1 N–H and O–H groups in total. The van der Waals surface area contributed by atoms with Gasteiger partial charge in [-0.05, 0) is 37.1 Å². The smallest absolute Gasteiger partial charge is 0.325 e. The maximum Gasteiger partial charge on any atom is 0.325 e. The fourth-order valence-corrected chi connectivity index (χ4v) is 5.20. The molecule has 1 aliphatic rings. The Labute approximate surface area is 193 Å². The Morgan fingerprint density at radius 2 is 1.76 bits per heavy atom. The number of aryl methyl sites for hydroxylation is 1. The van der Waals surface area contributed by atoms with E-state index in [2.05, 4.69) is 10.3 Å². The Kier molecular flexibility index (Phi) is 5.75. The van der Waals surface area contributed by atoms with Crippen LogP contribution in [0.15, 0.2) is 53.4 Å². The average molecular weight is 470 g/mol. The number of sulfonamides is 1. The van der Waals surface area contributed by atoms with Crippen molar-refractivity contribution >= 4 is 33.0 Å². The zero-order valence-corrected chi connectivity index (χ0v) is 19.9. The minimum absolute atomic E-state index is 0.0163. The van der Waals surface area contributed by atoms with Gasteiger partial charge >= 0.3 is 6.03 Å². The number of fused-ring (bicyclic) bond motifs is 1. The lowest BCUT2D eigenvalue weighted by atomic mass is 9.87. The van der Waals surface area contributed by atoms with Crippen molar-refractivity contribution in [3.8, 4) is 0 Å². The molecule has 3 amide bonds. The summed E-state index contributed by atoms with van der Waals surface area (Å²) in [6.45, 7) is 4.33. The molecule has 0 spiro atoms. The standard InChI is InChI=1S/C23H27N5O4S/c1-5-23(16-10-8-7-9-11-16)21(29)28(22(30)25-23)15-20-24-18-14-17(33(31,32)26(3)4)12-13-19(18)27(20)6-2/h7-14H,5-6,15H2,1-4H3,(H,25,30)/t23-/m0/s1. The first-order valence-corrected chi connectivity index (χ1v) is 12.2. The van der Waals surface area contributed by atoms with Gasteiger partial charge in [0.05, 0.1) is 22.5 Å². The first kappa shape index (κ1) is 22.9. The van der Waals surface area contributed by atoms with Gasteiger partial charge in [-0.3, -0.25) is 9.69 Å². The minimum Gasteiger partial charge on any atom is -0.327 e. The van der Waals surface area contributed by atoms with Crippen molar-refractivity contribution in [3.05, 3.63) is 59.9 Å². The number of carbonyl (C=O) groups is 2. The summed E-state index contributed by atoms with van der Waals surface area (Å²) in [7, 11) is -0.668. The number of benzene rings is 2. The summed E-state index contributed by atoms with van der Waals surface area (Å²) in [6.07, 6.45) is 0.411. The zero-order valence-electron chi connectivity index (χ0n) is 19.1. The van der Waals surface area contributed by atoms with E-state index in [1.807, 2.05) is 48.7 Å². The quantitative estimate of drug-likeness (QED) is 0.536. The molecular weight excluding hydrogens is 442 g/mol. The summed E-state index contributed by atoms with van der Waals surface area (Å²) < 4.78 is 28.1. The number of nitrogens with zero attached hydrogens (tertiary/aromatic N) is 4. The number of rotatable bonds is 7. The van der Waals surface area contributed by atoms with Gasteiger partial charge in [-0.25, -0.2) is 22.5 Å². The average Bonchev–Trinajstić information content (AvgIpc) is 3.28. The molecule has 2 heterocycles. The molecule has 3 aromatic rings. The second-order valence-corrected chi connectivity index (χ2v) is 10.3. The van der Waals surface area contributed by atoms with Crippen molar-refractivity contribution in [2.45, 2.75) is 43.8 Å². The molecule has 4 rings (SSSR count). The number of hydrogen-bond acceptors (Lipinski definition) is 5. The van der Waals surface area contributed by atoms with Crippen LogP contribution in [0.4, 0.5) is 4.79 Å². The van der Waals surface area contributed by atoms with Gasteiger partial charge in [0.2, 0.25) is 10.0 Å². The largest absolute Gasteiger partial charge is 0.327 e. The maximum absolute atomic E-state index is 13.5. The lowest BCUT2D eigenvalue weighted by Gasteiger charge is -2.25. The number of urea groups is 1. The Morgan fingerprint density at radius 3 is 2.36 bits per heavy atom. The maximum atomic E-state index is 13.5. The van der Waals surface area contributed by atoms with Crippen molar-refractivity contribution in [1.82, 2.24) is 24.1 Å². The number of hydrogen-bond donors (Lipinski definition) is 1. The van der Waals surface area contributed by atoms with E-state index in [0.29, 0.717) is 24.3 Å². The minimum atomic E-state index is -3.61. The molecule has 0 unspecified atom stereocenters. The van der Waals surface area contributed by atoms with Gasteiger partial charge in [-0.15, -0.1) is 0 Å². The van der Waals surface area contributed by atoms with Gasteiger partial charge in [0.15, 0.2) is 0 Å². The predicted octanol–water partition coefficient (Wildman–Crippen LogP) is 2.66. The van der Waals surface area contributed by atoms with Crippen LogP contribution >= 0.6 is 0 Å². The molecule has 1 saturated heterocycles. The van der Waals surface area contributed by atoms with E-state index in [9.17, 15) is 18.0 Å². The number of aromatic nitrogens is 2. The SMILES string of the molecule is CCn1c(CN2C(=O)N[C@@](CC)(c3ccccc3)C2=O)nc2cc(S(=O)(=O)N(C)C)ccc21. The van der Waals surface area contributed by atoms with E-state index in [-0.39, 0.29) is 17.3 Å². The second kappa shape index (κ2) is 8.27. The van der Waals surface area contributed by atoms with Gasteiger partial charge in [-0.2, -0.15) is 0 Å². The molecule has 33 heavy (non-hydrogen) atoms. The Balaban J connectivity index is 1.73. The predicted molar refractivity (Wildman–Crippen MR) is 124 cm³/mol. The van der Waals surface area contributed by atoms with Gasteiger partial charge in [0, 0.05) is 20.6 Å². The highest BCUT2D eigenvalue weighted by Crippen LogP contribution is 2.33. The molecule has 2 aromatic carbocycles. The normalized spacial score (nSPS) is 19.0. The van der Waals surface area contributed by atoms with Crippen LogP contribution in [0.5, 0.6) is 0 Å². The third-order valence-electron chi connectivity index (χ3n) is 6.17. The molecule has 1 aromatic heterocycles. The van der Waals surface area contributed by atoms with E-state index >= 15 is 0 Å². The van der Waals surface area contributed by atoms with Crippen LogP contribution in [0.25, 0.3) is 11.0 Å². The van der Waals surface area contributed by atoms with Gasteiger partial charge in [-0.1, -0.05) is 37.3 Å². The fourth-order valence-electron chi connectivity index (χ4n) is 4.28. The van der Waals surface area contributed by atoms with Gasteiger partial charge < -0.3 is 9.88 Å². The third kappa shape index (κ3) is 3.59. The number of imide groups is 1. The Bertz CT molecular complexity index is 1330. The van der Waals surface area contributed by atoms with Crippen molar-refractivity contribution in [2.75, 3.05) is 14.1 Å². The number of imidazole rings is 1. The van der Waals surface area contributed by atoms with E-state index in [1.165, 1.54) is 25.1 Å². The molecule has 1 atom stereocenters. The van der Waals surface area contributed by atoms with Crippen LogP contribution in [0.1, 0.15) is 31.7 Å². The van der Waals surface area contributed by atoms with E-state index < -0.39 is 21.6 Å². The number of amides is 3. The lowest BCUT2D eigenvalue weighted by molar-refractivity contribution is -0.132. The molecule has 0 radical (unpaired) electrons. The molecule has 0 bridgehead atoms. The van der Waals surface area contributed by atoms with Gasteiger partial charge in [0.1, 0.15) is 11.4 Å². The number of nitrogens with one attached hydrogen (secondary N) is 1. The monoisotopic (exact) mass is 469 g/mol. The second-order valence-electron chi connectivity index (χ2n) is 8.16. The zero-order chi connectivity index (χ0) is 24.0. The number of carbonyl (C=O) groups excluding carboxylic acids is 2. The summed E-state index contributed by atoms with van der Waals surface area (Å²) >= 11 is 0. The highest BCUT2D eigenvalue weighted by Gasteiger charge is 2.51. The summed E-state index contributed by atoms with van der Waals surface area (Å²) in [6, 6.07) is 13.5. The topological polar surface area (TPSA) is 105 Å². The Hall–Kier alpha value is -3.24. The molecule has 10 heteroatoms. The molecule has 0 saturated carbocycles. The van der Waals surface area contributed by atoms with Crippen LogP contribution in [-0.2, 0) is 33.4 Å². The van der Waals surface area contributed by atoms with Crippen LogP contribution in [-0.4, -0.2) is 53.2 Å². The van der Waals surface area contributed by atoms with Crippen molar-refractivity contribution < 1.29 is 18.0 Å². The first-order valence-electron chi connectivity index (χ1n) is 10.8. The van der Waals surface area contributed by atoms with Crippen molar-refractivity contribution in [3.63, 3.8) is 0 Å². The van der Waals surface area contributed by atoms with Crippen LogP contribution < -0.4 is 5.32 Å². The summed E-state index contributed by atoms with van der Waals surface area (Å²) in [5, 5.41) is 2.88. The fraction of sp³-hybridized carbons (Fsp3) is 0.348. The first-order chi connectivity index (χ1) is 15.7. The summed E-state index contributed by atoms with van der Waals surface area (Å²) in [4.78, 5) is 32.3. The van der Waals surface area contributed by atoms with Crippen molar-refractivity contribution in [1.29, 1.82) is 0 Å². The van der Waals surface area contributed by atoms with Gasteiger partial charge in [0.25, 0.3) is 5.91 Å². The molecular formula is C23H27N5O4S. The van der Waals surface area contributed by atoms with Crippen LogP contribution in [0, 0.1) is 0 Å². The third-order valence-corrected chi connectivity index (χ3v) is 7.98. The van der Waals surface area contributed by atoms with Crippen molar-refractivity contribution in [2.24, 2.45) is 0 Å². The van der Waals surface area contributed by atoms with E-state index in [0.717, 1.165) is 15.4 Å². The lowest BCUT2D eigenvalue weighted by Crippen LogP contribution is -2.43. The molecule has 1 aliphatic heterocycles. The highest BCUT2D eigenvalue weighted by molar-refractivity contribution is 7.89. The van der Waals surface area contributed by atoms with Crippen LogP contribution in [0.2, 0.25) is 0 Å².